The molecule has 4 N–H and O–H groups in total. The molecule has 0 radical (unpaired) electrons. The molecule has 1 saturated heterocycles. The fraction of sp³-hybridized carbons (Fsp3) is 0.806. The van der Waals surface area contributed by atoms with Gasteiger partial charge in [0.15, 0.2) is 9.84 Å². The molecule has 0 bridgehead atoms. The number of sulfone groups is 1. The van der Waals surface area contributed by atoms with Crippen LogP contribution < -0.4 is 21.3 Å². The smallest absolute Gasteiger partial charge is 0.315 e. The Morgan fingerprint density at radius 3 is 2.10 bits per heavy atom. The molecule has 13 heteroatoms. The van der Waals surface area contributed by atoms with Crippen molar-refractivity contribution in [2.45, 2.75) is 149 Å². The fourth-order valence-corrected chi connectivity index (χ4v) is 8.30. The highest BCUT2D eigenvalue weighted by Gasteiger charge is 2.48. The van der Waals surface area contributed by atoms with Crippen LogP contribution in [0.3, 0.4) is 0 Å². The number of urea groups is 1. The van der Waals surface area contributed by atoms with Crippen molar-refractivity contribution < 1.29 is 32.4 Å². The molecule has 0 aromatic carbocycles. The van der Waals surface area contributed by atoms with Gasteiger partial charge in [-0.1, -0.05) is 79.7 Å². The Bertz CT molecular complexity index is 1310. The van der Waals surface area contributed by atoms with Gasteiger partial charge in [0.2, 0.25) is 17.6 Å². The van der Waals surface area contributed by atoms with E-state index in [2.05, 4.69) is 27.8 Å². The lowest BCUT2D eigenvalue weighted by Crippen LogP contribution is -2.64. The van der Waals surface area contributed by atoms with Crippen LogP contribution in [0.5, 0.6) is 0 Å². The standard InChI is InChI=1S/C36H63N5O7S/c1-11-13-17-26(28(42)31(44)37-21-12-2)38-30(43)27-25(24(3)4)18-22-41(27)32(45)29(34(5,6)7)39-33(46)40-36(19-15-14-16-20-36)23-49(47,48)35(8,9)10/h12,24-27,29H,2,11,13-23H2,1,3-10H3,(H,37,44)(H,38,43)(H2,39,40,46)/t25?,26?,27-,29+/m0/s1. The van der Waals surface area contributed by atoms with Gasteiger partial charge in [0, 0.05) is 13.1 Å². The summed E-state index contributed by atoms with van der Waals surface area (Å²) in [5.74, 6) is -2.91. The van der Waals surface area contributed by atoms with Crippen LogP contribution in [0.1, 0.15) is 120 Å². The van der Waals surface area contributed by atoms with Crippen LogP contribution in [0.4, 0.5) is 4.79 Å². The minimum atomic E-state index is -3.57. The van der Waals surface area contributed by atoms with Crippen molar-refractivity contribution in [1.29, 1.82) is 0 Å². The highest BCUT2D eigenvalue weighted by molar-refractivity contribution is 7.92. The van der Waals surface area contributed by atoms with Crippen LogP contribution in [0.25, 0.3) is 0 Å². The van der Waals surface area contributed by atoms with Gasteiger partial charge in [0.25, 0.3) is 5.91 Å². The average molecular weight is 710 g/mol. The molecule has 0 aromatic heterocycles. The number of carbonyl (C=O) groups excluding carboxylic acids is 5. The Kier molecular flexibility index (Phi) is 14.9. The molecule has 1 aliphatic heterocycles. The summed E-state index contributed by atoms with van der Waals surface area (Å²) in [6.45, 7) is 20.3. The predicted molar refractivity (Wildman–Crippen MR) is 192 cm³/mol. The quantitative estimate of drug-likeness (QED) is 0.147. The van der Waals surface area contributed by atoms with Crippen molar-refractivity contribution in [3.8, 4) is 0 Å². The maximum Gasteiger partial charge on any atom is 0.315 e. The Labute approximate surface area is 294 Å². The third-order valence-corrected chi connectivity index (χ3v) is 12.7. The molecule has 12 nitrogen and oxygen atoms in total. The van der Waals surface area contributed by atoms with Crippen LogP contribution in [0, 0.1) is 17.3 Å². The van der Waals surface area contributed by atoms with Crippen LogP contribution in [0.2, 0.25) is 0 Å². The van der Waals surface area contributed by atoms with E-state index in [-0.39, 0.29) is 37.1 Å². The van der Waals surface area contributed by atoms with Gasteiger partial charge in [0.1, 0.15) is 12.1 Å². The second kappa shape index (κ2) is 17.3. The van der Waals surface area contributed by atoms with Crippen molar-refractivity contribution in [1.82, 2.24) is 26.2 Å². The number of likely N-dealkylation sites (tertiary alicyclic amines) is 1. The lowest BCUT2D eigenvalue weighted by atomic mass is 9.83. The third-order valence-electron chi connectivity index (χ3n) is 9.94. The minimum Gasteiger partial charge on any atom is -0.346 e. The van der Waals surface area contributed by atoms with E-state index in [1.54, 1.807) is 20.8 Å². The van der Waals surface area contributed by atoms with E-state index in [1.807, 2.05) is 41.5 Å². The third kappa shape index (κ3) is 11.3. The van der Waals surface area contributed by atoms with Gasteiger partial charge < -0.3 is 26.2 Å². The maximum absolute atomic E-state index is 14.4. The largest absolute Gasteiger partial charge is 0.346 e. The number of unbranched alkanes of at least 4 members (excludes halogenated alkanes) is 1. The molecule has 5 amide bonds. The summed E-state index contributed by atoms with van der Waals surface area (Å²) in [5, 5.41) is 11.2. The number of carbonyl (C=O) groups is 5. The van der Waals surface area contributed by atoms with Gasteiger partial charge in [-0.3, -0.25) is 19.2 Å². The molecule has 280 valence electrons. The summed E-state index contributed by atoms with van der Waals surface area (Å²) < 4.78 is 25.6. The second-order valence-corrected chi connectivity index (χ2v) is 19.1. The van der Waals surface area contributed by atoms with E-state index in [1.165, 1.54) is 11.0 Å². The molecule has 49 heavy (non-hydrogen) atoms. The van der Waals surface area contributed by atoms with E-state index in [4.69, 9.17) is 0 Å². The molecule has 1 heterocycles. The first-order valence-electron chi connectivity index (χ1n) is 18.0. The SMILES string of the molecule is C=CCNC(=O)C(=O)C(CCCC)NC(=O)[C@@H]1C(C(C)C)CCN1C(=O)[C@@H](NC(=O)NC1(CS(=O)(=O)C(C)(C)C)CCCCC1)C(C)(C)C. The Hall–Kier alpha value is -2.96. The molecule has 2 rings (SSSR count). The van der Waals surface area contributed by atoms with Crippen molar-refractivity contribution in [3.05, 3.63) is 12.7 Å². The van der Waals surface area contributed by atoms with E-state index < -0.39 is 73.2 Å². The molecule has 2 fully saturated rings. The van der Waals surface area contributed by atoms with Gasteiger partial charge in [-0.2, -0.15) is 0 Å². The summed E-state index contributed by atoms with van der Waals surface area (Å²) in [4.78, 5) is 69.3. The number of hydrogen-bond acceptors (Lipinski definition) is 7. The highest BCUT2D eigenvalue weighted by Crippen LogP contribution is 2.35. The summed E-state index contributed by atoms with van der Waals surface area (Å²) >= 11 is 0. The van der Waals surface area contributed by atoms with Crippen LogP contribution in [-0.2, 0) is 29.0 Å². The topological polar surface area (TPSA) is 171 Å². The number of nitrogens with zero attached hydrogens (tertiary/aromatic N) is 1. The molecule has 4 atom stereocenters. The zero-order chi connectivity index (χ0) is 37.4. The first kappa shape index (κ1) is 42.2. The molecule has 1 saturated carbocycles. The van der Waals surface area contributed by atoms with E-state index >= 15 is 0 Å². The first-order valence-corrected chi connectivity index (χ1v) is 19.6. The monoisotopic (exact) mass is 709 g/mol. The van der Waals surface area contributed by atoms with Crippen LogP contribution in [-0.4, -0.2) is 90.1 Å². The van der Waals surface area contributed by atoms with Gasteiger partial charge in [-0.05, 0) is 63.7 Å². The van der Waals surface area contributed by atoms with Gasteiger partial charge in [-0.25, -0.2) is 13.2 Å². The molecule has 2 unspecified atom stereocenters. The number of ketones is 1. The zero-order valence-corrected chi connectivity index (χ0v) is 32.2. The van der Waals surface area contributed by atoms with Crippen molar-refractivity contribution >= 4 is 39.4 Å². The first-order chi connectivity index (χ1) is 22.6. The van der Waals surface area contributed by atoms with Crippen molar-refractivity contribution in [2.75, 3.05) is 18.8 Å². The van der Waals surface area contributed by atoms with Crippen LogP contribution in [0.15, 0.2) is 12.7 Å². The highest BCUT2D eigenvalue weighted by atomic mass is 32.2. The molecular weight excluding hydrogens is 646 g/mol. The number of nitrogens with one attached hydrogen (secondary N) is 4. The number of hydrogen-bond donors (Lipinski definition) is 4. The Morgan fingerprint density at radius 2 is 1.59 bits per heavy atom. The summed E-state index contributed by atoms with van der Waals surface area (Å²) in [6, 6.07) is -3.65. The van der Waals surface area contributed by atoms with Gasteiger partial charge >= 0.3 is 6.03 Å². The lowest BCUT2D eigenvalue weighted by molar-refractivity contribution is -0.144. The average Bonchev–Trinajstić information content (AvgIpc) is 3.45. The summed E-state index contributed by atoms with van der Waals surface area (Å²) in [5.41, 5.74) is -1.73. The molecular formula is C36H63N5O7S. The van der Waals surface area contributed by atoms with E-state index in [0.29, 0.717) is 25.7 Å². The number of Topliss-reactive ketones (excluding diaryl/α,β-unsaturated/α-hetero) is 1. The Balaban J connectivity index is 2.38. The van der Waals surface area contributed by atoms with E-state index in [0.717, 1.165) is 25.7 Å². The van der Waals surface area contributed by atoms with Crippen LogP contribution >= 0.6 is 0 Å². The molecule has 0 aromatic rings. The normalized spacial score (nSPS) is 21.0. The molecule has 1 aliphatic carbocycles. The zero-order valence-electron chi connectivity index (χ0n) is 31.4. The Morgan fingerprint density at radius 1 is 0.980 bits per heavy atom. The maximum atomic E-state index is 14.4. The molecule has 2 aliphatic rings. The summed E-state index contributed by atoms with van der Waals surface area (Å²) in [7, 11) is -3.57. The fourth-order valence-electron chi connectivity index (χ4n) is 6.78. The lowest BCUT2D eigenvalue weighted by Gasteiger charge is -2.41. The number of rotatable bonds is 15. The van der Waals surface area contributed by atoms with Crippen molar-refractivity contribution in [3.63, 3.8) is 0 Å². The molecule has 0 spiro atoms. The van der Waals surface area contributed by atoms with Crippen molar-refractivity contribution in [2.24, 2.45) is 17.3 Å². The minimum absolute atomic E-state index is 0.0227. The van der Waals surface area contributed by atoms with E-state index in [9.17, 15) is 32.4 Å². The van der Waals surface area contributed by atoms with Gasteiger partial charge in [0.05, 0.1) is 22.1 Å². The van der Waals surface area contributed by atoms with Gasteiger partial charge in [-0.15, -0.1) is 6.58 Å². The predicted octanol–water partition coefficient (Wildman–Crippen LogP) is 4.04. The summed E-state index contributed by atoms with van der Waals surface area (Å²) in [6.07, 6.45) is 7.17. The second-order valence-electron chi connectivity index (χ2n) is 16.3. The number of amides is 5.